The molecule has 0 aliphatic heterocycles. The summed E-state index contributed by atoms with van der Waals surface area (Å²) in [5.74, 6) is 1.66. The molecule has 1 atom stereocenters. The normalized spacial score (nSPS) is 17.3. The van der Waals surface area contributed by atoms with Gasteiger partial charge >= 0.3 is 0 Å². The van der Waals surface area contributed by atoms with E-state index in [-0.39, 0.29) is 18.4 Å². The fourth-order valence-electron chi connectivity index (χ4n) is 3.09. The van der Waals surface area contributed by atoms with Crippen LogP contribution in [-0.4, -0.2) is 7.11 Å². The number of halogens is 1. The van der Waals surface area contributed by atoms with Gasteiger partial charge in [0, 0.05) is 6.04 Å². The van der Waals surface area contributed by atoms with E-state index in [1.165, 1.54) is 42.4 Å². The van der Waals surface area contributed by atoms with Crippen molar-refractivity contribution < 1.29 is 4.74 Å². The topological polar surface area (TPSA) is 35.2 Å². The predicted octanol–water partition coefficient (Wildman–Crippen LogP) is 3.92. The van der Waals surface area contributed by atoms with Crippen molar-refractivity contribution in [1.82, 2.24) is 0 Å². The number of benzene rings is 1. The minimum atomic E-state index is 0. The van der Waals surface area contributed by atoms with Crippen LogP contribution in [-0.2, 0) is 0 Å². The van der Waals surface area contributed by atoms with Crippen molar-refractivity contribution >= 4 is 12.4 Å². The summed E-state index contributed by atoms with van der Waals surface area (Å²) in [6, 6.07) is 4.57. The van der Waals surface area contributed by atoms with E-state index in [0.29, 0.717) is 5.92 Å². The quantitative estimate of drug-likeness (QED) is 0.903. The fraction of sp³-hybridized carbons (Fsp3) is 0.600. The van der Waals surface area contributed by atoms with Crippen molar-refractivity contribution in [2.24, 2.45) is 11.7 Å². The van der Waals surface area contributed by atoms with E-state index in [4.69, 9.17) is 10.5 Å². The third kappa shape index (κ3) is 2.99. The molecular weight excluding hydrogens is 246 g/mol. The highest BCUT2D eigenvalue weighted by molar-refractivity contribution is 5.85. The Morgan fingerprint density at radius 2 is 1.67 bits per heavy atom. The Hall–Kier alpha value is -0.730. The van der Waals surface area contributed by atoms with Gasteiger partial charge in [0.2, 0.25) is 0 Å². The van der Waals surface area contributed by atoms with Gasteiger partial charge in [0.25, 0.3) is 0 Å². The van der Waals surface area contributed by atoms with Gasteiger partial charge in [0.05, 0.1) is 7.11 Å². The van der Waals surface area contributed by atoms with Crippen LogP contribution in [0, 0.1) is 19.8 Å². The smallest absolute Gasteiger partial charge is 0.124 e. The molecule has 2 N–H and O–H groups in total. The summed E-state index contributed by atoms with van der Waals surface area (Å²) in [5.41, 5.74) is 10.0. The van der Waals surface area contributed by atoms with E-state index in [2.05, 4.69) is 26.0 Å². The summed E-state index contributed by atoms with van der Waals surface area (Å²) in [6.07, 6.45) is 5.25. The number of nitrogens with two attached hydrogens (primary N) is 1. The molecule has 3 heteroatoms. The van der Waals surface area contributed by atoms with Gasteiger partial charge in [0.15, 0.2) is 0 Å². The van der Waals surface area contributed by atoms with Gasteiger partial charge in [-0.2, -0.15) is 0 Å². The summed E-state index contributed by atoms with van der Waals surface area (Å²) in [4.78, 5) is 0. The lowest BCUT2D eigenvalue weighted by atomic mass is 9.90. The van der Waals surface area contributed by atoms with Crippen LogP contribution in [0.25, 0.3) is 0 Å². The monoisotopic (exact) mass is 269 g/mol. The number of rotatable bonds is 3. The minimum absolute atomic E-state index is 0. The molecule has 0 radical (unpaired) electrons. The molecule has 1 fully saturated rings. The second kappa shape index (κ2) is 6.44. The average molecular weight is 270 g/mol. The molecule has 0 amide bonds. The largest absolute Gasteiger partial charge is 0.496 e. The number of hydrogen-bond acceptors (Lipinski definition) is 2. The van der Waals surface area contributed by atoms with Crippen LogP contribution < -0.4 is 10.5 Å². The van der Waals surface area contributed by atoms with Gasteiger partial charge in [-0.25, -0.2) is 0 Å². The highest BCUT2D eigenvalue weighted by Crippen LogP contribution is 2.36. The van der Waals surface area contributed by atoms with E-state index < -0.39 is 0 Å². The first kappa shape index (κ1) is 15.3. The Kier molecular flexibility index (Phi) is 5.48. The lowest BCUT2D eigenvalue weighted by molar-refractivity contribution is 0.406. The van der Waals surface area contributed by atoms with Gasteiger partial charge < -0.3 is 10.5 Å². The zero-order chi connectivity index (χ0) is 12.4. The molecule has 1 aromatic rings. The molecule has 2 rings (SSSR count). The molecule has 0 saturated heterocycles. The van der Waals surface area contributed by atoms with Crippen LogP contribution in [0.3, 0.4) is 0 Å². The summed E-state index contributed by atoms with van der Waals surface area (Å²) >= 11 is 0. The number of aryl methyl sites for hydroxylation is 2. The van der Waals surface area contributed by atoms with E-state index in [0.717, 1.165) is 5.75 Å². The Bertz CT molecular complexity index is 376. The molecule has 1 aliphatic carbocycles. The van der Waals surface area contributed by atoms with E-state index in [1.807, 2.05) is 0 Å². The lowest BCUT2D eigenvalue weighted by Gasteiger charge is -2.21. The first-order chi connectivity index (χ1) is 8.13. The second-order valence-corrected chi connectivity index (χ2v) is 5.26. The molecule has 1 aliphatic rings. The third-order valence-corrected chi connectivity index (χ3v) is 3.98. The molecule has 0 spiro atoms. The van der Waals surface area contributed by atoms with Crippen LogP contribution in [0.2, 0.25) is 0 Å². The van der Waals surface area contributed by atoms with E-state index in [1.54, 1.807) is 7.11 Å². The van der Waals surface area contributed by atoms with Crippen molar-refractivity contribution in [1.29, 1.82) is 0 Å². The molecule has 0 bridgehead atoms. The zero-order valence-electron chi connectivity index (χ0n) is 11.5. The lowest BCUT2D eigenvalue weighted by Crippen LogP contribution is -2.19. The van der Waals surface area contributed by atoms with Crippen molar-refractivity contribution in [2.75, 3.05) is 7.11 Å². The van der Waals surface area contributed by atoms with Crippen molar-refractivity contribution in [3.63, 3.8) is 0 Å². The van der Waals surface area contributed by atoms with Gasteiger partial charge in [0.1, 0.15) is 5.75 Å². The first-order valence-corrected chi connectivity index (χ1v) is 6.54. The van der Waals surface area contributed by atoms with Gasteiger partial charge in [-0.15, -0.1) is 12.4 Å². The van der Waals surface area contributed by atoms with Crippen LogP contribution in [0.15, 0.2) is 12.1 Å². The summed E-state index contributed by atoms with van der Waals surface area (Å²) in [5, 5.41) is 0. The van der Waals surface area contributed by atoms with Crippen molar-refractivity contribution in [3.8, 4) is 5.75 Å². The maximum absolute atomic E-state index is 6.39. The van der Waals surface area contributed by atoms with Crippen LogP contribution in [0.5, 0.6) is 5.75 Å². The Balaban J connectivity index is 0.00000162. The number of ether oxygens (including phenoxy) is 1. The van der Waals surface area contributed by atoms with Crippen molar-refractivity contribution in [3.05, 3.63) is 28.8 Å². The molecular formula is C15H24ClNO. The highest BCUT2D eigenvalue weighted by atomic mass is 35.5. The molecule has 1 aromatic carbocycles. The fourth-order valence-corrected chi connectivity index (χ4v) is 3.09. The summed E-state index contributed by atoms with van der Waals surface area (Å²) in [6.45, 7) is 4.19. The second-order valence-electron chi connectivity index (χ2n) is 5.26. The van der Waals surface area contributed by atoms with Gasteiger partial charge in [-0.3, -0.25) is 0 Å². The Morgan fingerprint density at radius 3 is 2.11 bits per heavy atom. The highest BCUT2D eigenvalue weighted by Gasteiger charge is 2.24. The van der Waals surface area contributed by atoms with Gasteiger partial charge in [-0.05, 0) is 49.3 Å². The molecule has 1 saturated carbocycles. The Labute approximate surface area is 116 Å². The maximum Gasteiger partial charge on any atom is 0.124 e. The standard InChI is InChI=1S/C15H23NO.ClH/c1-10-8-13(9-11(2)15(10)17-3)14(16)12-6-4-5-7-12;/h8-9,12,14H,4-7,16H2,1-3H3;1H/t14-;/m0./s1. The Morgan fingerprint density at radius 1 is 1.17 bits per heavy atom. The van der Waals surface area contributed by atoms with Crippen LogP contribution in [0.4, 0.5) is 0 Å². The SMILES string of the molecule is COc1c(C)cc([C@@H](N)C2CCCC2)cc1C.Cl. The maximum atomic E-state index is 6.39. The summed E-state index contributed by atoms with van der Waals surface area (Å²) in [7, 11) is 1.73. The number of methoxy groups -OCH3 is 1. The molecule has 2 nitrogen and oxygen atoms in total. The predicted molar refractivity (Wildman–Crippen MR) is 78.6 cm³/mol. The minimum Gasteiger partial charge on any atom is -0.496 e. The molecule has 0 unspecified atom stereocenters. The van der Waals surface area contributed by atoms with Crippen LogP contribution >= 0.6 is 12.4 Å². The molecule has 18 heavy (non-hydrogen) atoms. The number of hydrogen-bond donors (Lipinski definition) is 1. The molecule has 0 aromatic heterocycles. The molecule has 0 heterocycles. The van der Waals surface area contributed by atoms with E-state index >= 15 is 0 Å². The molecule has 102 valence electrons. The van der Waals surface area contributed by atoms with Gasteiger partial charge in [-0.1, -0.05) is 25.0 Å². The van der Waals surface area contributed by atoms with Crippen LogP contribution in [0.1, 0.15) is 48.4 Å². The third-order valence-electron chi connectivity index (χ3n) is 3.98. The van der Waals surface area contributed by atoms with E-state index in [9.17, 15) is 0 Å². The first-order valence-electron chi connectivity index (χ1n) is 6.54. The zero-order valence-corrected chi connectivity index (χ0v) is 12.3. The summed E-state index contributed by atoms with van der Waals surface area (Å²) < 4.78 is 5.40. The van der Waals surface area contributed by atoms with Crippen molar-refractivity contribution in [2.45, 2.75) is 45.6 Å². The average Bonchev–Trinajstić information content (AvgIpc) is 2.81.